The van der Waals surface area contributed by atoms with E-state index in [2.05, 4.69) is 4.98 Å². The normalized spacial score (nSPS) is 9.86. The molecule has 4 nitrogen and oxygen atoms in total. The number of nitriles is 1. The number of aldehydes is 1. The Morgan fingerprint density at radius 3 is 2.64 bits per heavy atom. The first-order chi connectivity index (χ1) is 6.61. The highest BCUT2D eigenvalue weighted by Crippen LogP contribution is 2.16. The van der Waals surface area contributed by atoms with Gasteiger partial charge in [0, 0.05) is 6.20 Å². The molecule has 6 heteroatoms. The molecule has 0 aliphatic carbocycles. The lowest BCUT2D eigenvalue weighted by molar-refractivity contribution is 0.110. The molecule has 1 heterocycles. The van der Waals surface area contributed by atoms with Gasteiger partial charge in [0.15, 0.2) is 6.29 Å². The first-order valence-corrected chi connectivity index (χ1v) is 3.50. The zero-order chi connectivity index (χ0) is 10.7. The van der Waals surface area contributed by atoms with Crippen LogP contribution in [0.4, 0.5) is 8.78 Å². The van der Waals surface area contributed by atoms with Gasteiger partial charge in [-0.25, -0.2) is 8.78 Å². The smallest absolute Gasteiger partial charge is 0.269 e. The predicted octanol–water partition coefficient (Wildman–Crippen LogP) is 0.997. The highest BCUT2D eigenvalue weighted by Gasteiger charge is 2.19. The zero-order valence-corrected chi connectivity index (χ0v) is 6.75. The third-order valence-corrected chi connectivity index (χ3v) is 1.61. The van der Waals surface area contributed by atoms with Gasteiger partial charge in [-0.05, 0) is 0 Å². The highest BCUT2D eigenvalue weighted by molar-refractivity contribution is 5.74. The van der Waals surface area contributed by atoms with Crippen molar-refractivity contribution in [3.05, 3.63) is 33.2 Å². The van der Waals surface area contributed by atoms with Gasteiger partial charge in [-0.2, -0.15) is 5.26 Å². The van der Waals surface area contributed by atoms with Crippen molar-refractivity contribution in [2.75, 3.05) is 0 Å². The van der Waals surface area contributed by atoms with Crippen LogP contribution < -0.4 is 5.43 Å². The van der Waals surface area contributed by atoms with Crippen LogP contribution in [0, 0.1) is 11.3 Å². The standard InChI is InChI=1S/C8H4F2N2O2/c9-8(10)6-5(3-13)12-2-4(1-11)7(6)14/h2-3,8H,(H,12,14). The largest absolute Gasteiger partial charge is 0.357 e. The van der Waals surface area contributed by atoms with Crippen molar-refractivity contribution < 1.29 is 13.6 Å². The molecule has 0 radical (unpaired) electrons. The first-order valence-electron chi connectivity index (χ1n) is 3.50. The highest BCUT2D eigenvalue weighted by atomic mass is 19.3. The molecule has 0 saturated heterocycles. The Morgan fingerprint density at radius 1 is 1.57 bits per heavy atom. The Bertz CT molecular complexity index is 459. The molecule has 0 spiro atoms. The predicted molar refractivity (Wildman–Crippen MR) is 42.1 cm³/mol. The van der Waals surface area contributed by atoms with Crippen LogP contribution in [-0.2, 0) is 0 Å². The number of nitrogens with zero attached hydrogens (tertiary/aromatic N) is 1. The van der Waals surface area contributed by atoms with Crippen molar-refractivity contribution in [1.82, 2.24) is 4.98 Å². The number of halogens is 2. The van der Waals surface area contributed by atoms with Gasteiger partial charge < -0.3 is 4.98 Å². The van der Waals surface area contributed by atoms with E-state index in [1.165, 1.54) is 6.07 Å². The summed E-state index contributed by atoms with van der Waals surface area (Å²) in [7, 11) is 0. The van der Waals surface area contributed by atoms with Crippen LogP contribution in [0.5, 0.6) is 0 Å². The summed E-state index contributed by atoms with van der Waals surface area (Å²) in [6.07, 6.45) is -2.03. The number of pyridine rings is 1. The van der Waals surface area contributed by atoms with Gasteiger partial charge in [0.2, 0.25) is 5.43 Å². The molecule has 0 unspecified atom stereocenters. The lowest BCUT2D eigenvalue weighted by atomic mass is 10.1. The van der Waals surface area contributed by atoms with Gasteiger partial charge in [-0.15, -0.1) is 0 Å². The number of aromatic amines is 1. The fourth-order valence-corrected chi connectivity index (χ4v) is 0.958. The van der Waals surface area contributed by atoms with Gasteiger partial charge in [0.1, 0.15) is 11.6 Å². The van der Waals surface area contributed by atoms with Gasteiger partial charge in [0.25, 0.3) is 6.43 Å². The second-order valence-corrected chi connectivity index (χ2v) is 2.39. The number of nitrogens with one attached hydrogen (secondary N) is 1. The van der Waals surface area contributed by atoms with E-state index in [4.69, 9.17) is 5.26 Å². The summed E-state index contributed by atoms with van der Waals surface area (Å²) in [5, 5.41) is 8.39. The summed E-state index contributed by atoms with van der Waals surface area (Å²) in [6.45, 7) is 0. The number of hydrogen-bond acceptors (Lipinski definition) is 3. The van der Waals surface area contributed by atoms with E-state index in [0.717, 1.165) is 6.20 Å². The van der Waals surface area contributed by atoms with E-state index in [0.29, 0.717) is 0 Å². The van der Waals surface area contributed by atoms with Crippen LogP contribution in [0.25, 0.3) is 0 Å². The molecule has 0 atom stereocenters. The maximum Gasteiger partial charge on any atom is 0.269 e. The molecule has 72 valence electrons. The summed E-state index contributed by atoms with van der Waals surface area (Å²) in [4.78, 5) is 23.6. The monoisotopic (exact) mass is 198 g/mol. The summed E-state index contributed by atoms with van der Waals surface area (Å²) in [6, 6.07) is 1.45. The average Bonchev–Trinajstić information content (AvgIpc) is 2.16. The van der Waals surface area contributed by atoms with E-state index in [1.54, 1.807) is 0 Å². The minimum atomic E-state index is -3.08. The molecule has 1 rings (SSSR count). The second kappa shape index (κ2) is 3.79. The topological polar surface area (TPSA) is 73.7 Å². The fraction of sp³-hybridized carbons (Fsp3) is 0.125. The van der Waals surface area contributed by atoms with Crippen LogP contribution in [0.15, 0.2) is 11.0 Å². The van der Waals surface area contributed by atoms with Crippen molar-refractivity contribution in [2.45, 2.75) is 6.43 Å². The van der Waals surface area contributed by atoms with Crippen molar-refractivity contribution in [1.29, 1.82) is 5.26 Å². The Labute approximate surface area is 76.8 Å². The summed E-state index contributed by atoms with van der Waals surface area (Å²) in [5.74, 6) is 0. The van der Waals surface area contributed by atoms with E-state index < -0.39 is 28.7 Å². The van der Waals surface area contributed by atoms with Crippen LogP contribution in [0.3, 0.4) is 0 Å². The summed E-state index contributed by atoms with van der Waals surface area (Å²) < 4.78 is 24.6. The van der Waals surface area contributed by atoms with Gasteiger partial charge in [0.05, 0.1) is 11.3 Å². The summed E-state index contributed by atoms with van der Waals surface area (Å²) in [5.41, 5.74) is -3.00. The van der Waals surface area contributed by atoms with Crippen LogP contribution in [-0.4, -0.2) is 11.3 Å². The maximum absolute atomic E-state index is 12.3. The van der Waals surface area contributed by atoms with Crippen LogP contribution >= 0.6 is 0 Å². The lowest BCUT2D eigenvalue weighted by Crippen LogP contribution is -2.17. The zero-order valence-electron chi connectivity index (χ0n) is 6.75. The molecule has 0 aliphatic heterocycles. The number of hydrogen-bond donors (Lipinski definition) is 1. The van der Waals surface area contributed by atoms with E-state index in [-0.39, 0.29) is 6.29 Å². The Balaban J connectivity index is 3.57. The molecule has 1 N–H and O–H groups in total. The number of H-pyrrole nitrogens is 1. The molecule has 1 aromatic rings. The van der Waals surface area contributed by atoms with Crippen molar-refractivity contribution >= 4 is 6.29 Å². The molecule has 0 aromatic carbocycles. The number of carbonyl (C=O) groups excluding carboxylic acids is 1. The van der Waals surface area contributed by atoms with Gasteiger partial charge in [-0.1, -0.05) is 0 Å². The van der Waals surface area contributed by atoms with Crippen LogP contribution in [0.1, 0.15) is 28.0 Å². The molecule has 14 heavy (non-hydrogen) atoms. The summed E-state index contributed by atoms with van der Waals surface area (Å²) >= 11 is 0. The molecule has 0 fully saturated rings. The van der Waals surface area contributed by atoms with E-state index in [1.807, 2.05) is 0 Å². The number of carbonyl (C=O) groups is 1. The Hall–Kier alpha value is -2.03. The quantitative estimate of drug-likeness (QED) is 0.720. The number of aromatic nitrogens is 1. The number of rotatable bonds is 2. The van der Waals surface area contributed by atoms with Crippen molar-refractivity contribution in [3.8, 4) is 6.07 Å². The minimum Gasteiger partial charge on any atom is -0.357 e. The molecule has 0 aliphatic rings. The average molecular weight is 198 g/mol. The molecular formula is C8H4F2N2O2. The first kappa shape index (κ1) is 10.1. The molecule has 0 amide bonds. The third-order valence-electron chi connectivity index (χ3n) is 1.61. The second-order valence-electron chi connectivity index (χ2n) is 2.39. The van der Waals surface area contributed by atoms with E-state index in [9.17, 15) is 18.4 Å². The lowest BCUT2D eigenvalue weighted by Gasteiger charge is -2.01. The maximum atomic E-state index is 12.3. The molecular weight excluding hydrogens is 194 g/mol. The van der Waals surface area contributed by atoms with E-state index >= 15 is 0 Å². The Morgan fingerprint density at radius 2 is 2.21 bits per heavy atom. The SMILES string of the molecule is N#Cc1c[nH]c(C=O)c(C(F)F)c1=O. The van der Waals surface area contributed by atoms with Gasteiger partial charge in [-0.3, -0.25) is 9.59 Å². The fourth-order valence-electron chi connectivity index (χ4n) is 0.958. The van der Waals surface area contributed by atoms with Crippen LogP contribution in [0.2, 0.25) is 0 Å². The Kier molecular flexibility index (Phi) is 2.72. The van der Waals surface area contributed by atoms with Crippen molar-refractivity contribution in [3.63, 3.8) is 0 Å². The molecule has 0 saturated carbocycles. The molecule has 1 aromatic heterocycles. The third kappa shape index (κ3) is 1.52. The number of alkyl halides is 2. The van der Waals surface area contributed by atoms with Crippen molar-refractivity contribution in [2.24, 2.45) is 0 Å². The van der Waals surface area contributed by atoms with Gasteiger partial charge >= 0.3 is 0 Å². The molecule has 0 bridgehead atoms. The minimum absolute atomic E-state index is 0.115.